The normalized spacial score (nSPS) is 10.5. The Hall–Kier alpha value is -2.65. The Morgan fingerprint density at radius 1 is 1.40 bits per heavy atom. The van der Waals surface area contributed by atoms with Crippen molar-refractivity contribution in [2.24, 2.45) is 5.73 Å². The van der Waals surface area contributed by atoms with Crippen LogP contribution in [0.25, 0.3) is 0 Å². The quantitative estimate of drug-likeness (QED) is 0.643. The summed E-state index contributed by atoms with van der Waals surface area (Å²) in [7, 11) is 1.62. The molecule has 25 heavy (non-hydrogen) atoms. The zero-order valence-corrected chi connectivity index (χ0v) is 14.4. The van der Waals surface area contributed by atoms with Crippen molar-refractivity contribution in [1.82, 2.24) is 20.1 Å². The molecule has 1 aromatic heterocycles. The summed E-state index contributed by atoms with van der Waals surface area (Å²) in [6, 6.07) is 4.07. The molecule has 1 heterocycles. The maximum Gasteiger partial charge on any atom is 0.319 e. The molecule has 0 radical (unpaired) electrons. The standard InChI is InChI=1S/C15H19ClN6O3/c1-25-7-6-22-9-19-21-13(22)4-5-18-15(24)20-10-2-3-11(14(17)23)12(16)8-10/h2-3,8-9H,4-7H2,1H3,(H2,17,23)(H2,18,20,24). The Balaban J connectivity index is 1.82. The SMILES string of the molecule is COCCn1cnnc1CCNC(=O)Nc1ccc(C(N)=O)c(Cl)c1. The molecule has 4 N–H and O–H groups in total. The first kappa shape index (κ1) is 18.7. The Morgan fingerprint density at radius 3 is 2.88 bits per heavy atom. The highest BCUT2D eigenvalue weighted by molar-refractivity contribution is 6.34. The zero-order valence-electron chi connectivity index (χ0n) is 13.7. The number of benzene rings is 1. The highest BCUT2D eigenvalue weighted by atomic mass is 35.5. The smallest absolute Gasteiger partial charge is 0.319 e. The Labute approximate surface area is 149 Å². The number of amides is 3. The lowest BCUT2D eigenvalue weighted by atomic mass is 10.2. The van der Waals surface area contributed by atoms with E-state index in [-0.39, 0.29) is 10.6 Å². The Morgan fingerprint density at radius 2 is 2.20 bits per heavy atom. The molecule has 9 nitrogen and oxygen atoms in total. The van der Waals surface area contributed by atoms with Crippen LogP contribution in [0.2, 0.25) is 5.02 Å². The van der Waals surface area contributed by atoms with Gasteiger partial charge in [-0.1, -0.05) is 11.6 Å². The summed E-state index contributed by atoms with van der Waals surface area (Å²) in [5.41, 5.74) is 5.83. The van der Waals surface area contributed by atoms with Gasteiger partial charge >= 0.3 is 6.03 Å². The minimum atomic E-state index is -0.626. The van der Waals surface area contributed by atoms with Gasteiger partial charge in [0.15, 0.2) is 0 Å². The van der Waals surface area contributed by atoms with Crippen LogP contribution in [0.4, 0.5) is 10.5 Å². The molecule has 10 heteroatoms. The third-order valence-corrected chi connectivity index (χ3v) is 3.67. The monoisotopic (exact) mass is 366 g/mol. The maximum atomic E-state index is 11.9. The number of hydrogen-bond donors (Lipinski definition) is 3. The largest absolute Gasteiger partial charge is 0.383 e. The molecular formula is C15H19ClN6O3. The van der Waals surface area contributed by atoms with Gasteiger partial charge in [-0.25, -0.2) is 4.79 Å². The molecule has 2 rings (SSSR count). The van der Waals surface area contributed by atoms with Gasteiger partial charge in [-0.2, -0.15) is 0 Å². The zero-order chi connectivity index (χ0) is 18.2. The number of primary amides is 1. The van der Waals surface area contributed by atoms with E-state index in [4.69, 9.17) is 22.1 Å². The Kier molecular flexibility index (Phi) is 6.72. The van der Waals surface area contributed by atoms with Crippen molar-refractivity contribution in [3.05, 3.63) is 40.9 Å². The van der Waals surface area contributed by atoms with Crippen LogP contribution in [-0.2, 0) is 17.7 Å². The summed E-state index contributed by atoms with van der Waals surface area (Å²) in [4.78, 5) is 23.0. The molecule has 0 atom stereocenters. The number of aromatic nitrogens is 3. The molecule has 0 saturated heterocycles. The average Bonchev–Trinajstić information content (AvgIpc) is 3.00. The first-order chi connectivity index (χ1) is 12.0. The van der Waals surface area contributed by atoms with E-state index in [0.717, 1.165) is 5.82 Å². The number of nitrogens with two attached hydrogens (primary N) is 1. The number of hydrogen-bond acceptors (Lipinski definition) is 5. The van der Waals surface area contributed by atoms with Crippen LogP contribution < -0.4 is 16.4 Å². The number of rotatable bonds is 8. The van der Waals surface area contributed by atoms with E-state index in [1.54, 1.807) is 19.5 Å². The fourth-order valence-corrected chi connectivity index (χ4v) is 2.38. The van der Waals surface area contributed by atoms with Crippen molar-refractivity contribution >= 4 is 29.2 Å². The number of anilines is 1. The van der Waals surface area contributed by atoms with Crippen LogP contribution in [0.1, 0.15) is 16.2 Å². The first-order valence-corrected chi connectivity index (χ1v) is 7.89. The second kappa shape index (κ2) is 9.00. The van der Waals surface area contributed by atoms with Crippen LogP contribution in [-0.4, -0.2) is 47.0 Å². The summed E-state index contributed by atoms with van der Waals surface area (Å²) in [6.45, 7) is 1.58. The third-order valence-electron chi connectivity index (χ3n) is 3.36. The van der Waals surface area contributed by atoms with Gasteiger partial charge in [0.1, 0.15) is 12.2 Å². The molecule has 0 aliphatic heterocycles. The number of urea groups is 1. The van der Waals surface area contributed by atoms with Gasteiger partial charge in [-0.15, -0.1) is 10.2 Å². The van der Waals surface area contributed by atoms with Crippen LogP contribution in [0.15, 0.2) is 24.5 Å². The van der Waals surface area contributed by atoms with E-state index in [0.29, 0.717) is 31.8 Å². The molecule has 1 aromatic carbocycles. The molecule has 2 aromatic rings. The van der Waals surface area contributed by atoms with Crippen molar-refractivity contribution in [3.63, 3.8) is 0 Å². The fraction of sp³-hybridized carbons (Fsp3) is 0.333. The summed E-state index contributed by atoms with van der Waals surface area (Å²) in [5.74, 6) is 0.129. The lowest BCUT2D eigenvalue weighted by Crippen LogP contribution is -2.31. The van der Waals surface area contributed by atoms with Gasteiger partial charge in [0.05, 0.1) is 17.2 Å². The summed E-state index contributed by atoms with van der Waals surface area (Å²) in [6.07, 6.45) is 2.15. The van der Waals surface area contributed by atoms with Gasteiger partial charge in [0.2, 0.25) is 5.91 Å². The lowest BCUT2D eigenvalue weighted by molar-refractivity contribution is 0.100. The van der Waals surface area contributed by atoms with Gasteiger partial charge < -0.3 is 25.7 Å². The van der Waals surface area contributed by atoms with Crippen molar-refractivity contribution in [1.29, 1.82) is 0 Å². The molecule has 0 aliphatic carbocycles. The van der Waals surface area contributed by atoms with Crippen molar-refractivity contribution in [3.8, 4) is 0 Å². The molecule has 0 fully saturated rings. The van der Waals surface area contributed by atoms with E-state index >= 15 is 0 Å². The van der Waals surface area contributed by atoms with E-state index in [1.807, 2.05) is 4.57 Å². The average molecular weight is 367 g/mol. The van der Waals surface area contributed by atoms with E-state index < -0.39 is 11.9 Å². The van der Waals surface area contributed by atoms with Crippen molar-refractivity contribution < 1.29 is 14.3 Å². The molecular weight excluding hydrogens is 348 g/mol. The summed E-state index contributed by atoms with van der Waals surface area (Å²) in [5, 5.41) is 13.4. The fourth-order valence-electron chi connectivity index (χ4n) is 2.10. The second-order valence-corrected chi connectivity index (χ2v) is 5.53. The highest BCUT2D eigenvalue weighted by Gasteiger charge is 2.09. The Bertz CT molecular complexity index is 749. The summed E-state index contributed by atoms with van der Waals surface area (Å²) < 4.78 is 6.88. The molecule has 3 amide bonds. The topological polar surface area (TPSA) is 124 Å². The minimum Gasteiger partial charge on any atom is -0.383 e. The molecule has 0 spiro atoms. The molecule has 134 valence electrons. The molecule has 0 bridgehead atoms. The van der Waals surface area contributed by atoms with Gasteiger partial charge in [0, 0.05) is 32.3 Å². The predicted octanol–water partition coefficient (Wildman–Crippen LogP) is 1.04. The predicted molar refractivity (Wildman–Crippen MR) is 92.6 cm³/mol. The number of methoxy groups -OCH3 is 1. The number of halogens is 1. The first-order valence-electron chi connectivity index (χ1n) is 7.51. The van der Waals surface area contributed by atoms with Crippen LogP contribution >= 0.6 is 11.6 Å². The summed E-state index contributed by atoms with van der Waals surface area (Å²) >= 11 is 5.94. The second-order valence-electron chi connectivity index (χ2n) is 5.12. The van der Waals surface area contributed by atoms with E-state index in [2.05, 4.69) is 20.8 Å². The number of nitrogens with zero attached hydrogens (tertiary/aromatic N) is 3. The number of carbonyl (C=O) groups is 2. The van der Waals surface area contributed by atoms with Gasteiger partial charge in [-0.3, -0.25) is 4.79 Å². The number of carbonyl (C=O) groups excluding carboxylic acids is 2. The number of nitrogens with one attached hydrogen (secondary N) is 2. The van der Waals surface area contributed by atoms with Crippen LogP contribution in [0.5, 0.6) is 0 Å². The third kappa shape index (κ3) is 5.44. The van der Waals surface area contributed by atoms with Crippen LogP contribution in [0.3, 0.4) is 0 Å². The number of ether oxygens (including phenoxy) is 1. The maximum absolute atomic E-state index is 11.9. The lowest BCUT2D eigenvalue weighted by Gasteiger charge is -2.09. The molecule has 0 saturated carbocycles. The highest BCUT2D eigenvalue weighted by Crippen LogP contribution is 2.20. The van der Waals surface area contributed by atoms with Crippen molar-refractivity contribution in [2.75, 3.05) is 25.6 Å². The van der Waals surface area contributed by atoms with E-state index in [1.165, 1.54) is 12.1 Å². The molecule has 0 unspecified atom stereocenters. The van der Waals surface area contributed by atoms with Crippen LogP contribution in [0, 0.1) is 0 Å². The van der Waals surface area contributed by atoms with Crippen molar-refractivity contribution in [2.45, 2.75) is 13.0 Å². The van der Waals surface area contributed by atoms with Gasteiger partial charge in [0.25, 0.3) is 0 Å². The van der Waals surface area contributed by atoms with E-state index in [9.17, 15) is 9.59 Å². The minimum absolute atomic E-state index is 0.177. The molecule has 0 aliphatic rings. The van der Waals surface area contributed by atoms with Gasteiger partial charge in [-0.05, 0) is 18.2 Å².